The number of benzene rings is 2. The van der Waals surface area contributed by atoms with E-state index in [0.29, 0.717) is 31.5 Å². The van der Waals surface area contributed by atoms with Crippen molar-refractivity contribution in [2.24, 2.45) is 0 Å². The fourth-order valence-corrected chi connectivity index (χ4v) is 5.11. The van der Waals surface area contributed by atoms with Crippen LogP contribution in [0.25, 0.3) is 11.3 Å². The first kappa shape index (κ1) is 23.9. The number of aliphatic hydroxyl groups is 1. The molecule has 1 aliphatic rings. The van der Waals surface area contributed by atoms with Gasteiger partial charge in [0.05, 0.1) is 24.2 Å². The second-order valence-corrected chi connectivity index (χ2v) is 10.1. The first-order valence-electron chi connectivity index (χ1n) is 11.9. The molecule has 0 spiro atoms. The minimum absolute atomic E-state index is 0.0921. The largest absolute Gasteiger partial charge is 0.388 e. The maximum absolute atomic E-state index is 13.2. The Labute approximate surface area is 200 Å². The Balaban J connectivity index is 1.44. The summed E-state index contributed by atoms with van der Waals surface area (Å²) in [6, 6.07) is 21.1. The predicted octanol–water partition coefficient (Wildman–Crippen LogP) is 4.24. The molecule has 2 aromatic carbocycles. The highest BCUT2D eigenvalue weighted by molar-refractivity contribution is 5.78. The van der Waals surface area contributed by atoms with Crippen LogP contribution < -0.4 is 5.56 Å². The Morgan fingerprint density at radius 1 is 1.09 bits per heavy atom. The number of carbonyl (C=O) groups is 1. The van der Waals surface area contributed by atoms with E-state index in [2.05, 4.69) is 11.9 Å². The standard InChI is InChI=1S/C28H33N3O3/c1-21(22-10-6-4-7-11-22)16-26(33)31-15-14-28(34,18-27(31,2)3)19-30-20-29-24(17-25(30)32)23-12-8-5-9-13-23/h4-13,17,20-21,34H,14-16,18-19H2,1-3H3/t21-,28?/m1/s1. The number of hydrogen-bond donors (Lipinski definition) is 1. The maximum Gasteiger partial charge on any atom is 0.253 e. The van der Waals surface area contributed by atoms with Crippen molar-refractivity contribution in [1.82, 2.24) is 14.5 Å². The Hall–Kier alpha value is -3.25. The Kier molecular flexibility index (Phi) is 6.71. The zero-order valence-electron chi connectivity index (χ0n) is 20.1. The van der Waals surface area contributed by atoms with Gasteiger partial charge >= 0.3 is 0 Å². The van der Waals surface area contributed by atoms with Crippen LogP contribution in [0.5, 0.6) is 0 Å². The van der Waals surface area contributed by atoms with E-state index in [1.165, 1.54) is 17.0 Å². The molecule has 6 heteroatoms. The van der Waals surface area contributed by atoms with Gasteiger partial charge in [0.2, 0.25) is 5.91 Å². The van der Waals surface area contributed by atoms with Crippen LogP contribution >= 0.6 is 0 Å². The van der Waals surface area contributed by atoms with Gasteiger partial charge in [-0.05, 0) is 31.7 Å². The molecule has 1 aliphatic heterocycles. The smallest absolute Gasteiger partial charge is 0.253 e. The molecule has 3 aromatic rings. The van der Waals surface area contributed by atoms with Gasteiger partial charge < -0.3 is 10.0 Å². The van der Waals surface area contributed by atoms with Gasteiger partial charge in [0, 0.05) is 36.6 Å². The zero-order valence-corrected chi connectivity index (χ0v) is 20.1. The Bertz CT molecular complexity index is 1190. The van der Waals surface area contributed by atoms with Crippen LogP contribution in [0.2, 0.25) is 0 Å². The summed E-state index contributed by atoms with van der Waals surface area (Å²) in [7, 11) is 0. The number of amides is 1. The highest BCUT2D eigenvalue weighted by Crippen LogP contribution is 2.36. The predicted molar refractivity (Wildman–Crippen MR) is 133 cm³/mol. The topological polar surface area (TPSA) is 75.4 Å². The summed E-state index contributed by atoms with van der Waals surface area (Å²) in [4.78, 5) is 32.3. The minimum atomic E-state index is -1.09. The molecule has 1 N–H and O–H groups in total. The van der Waals surface area contributed by atoms with Gasteiger partial charge in [-0.25, -0.2) is 4.98 Å². The average molecular weight is 460 g/mol. The van der Waals surface area contributed by atoms with E-state index >= 15 is 0 Å². The lowest BCUT2D eigenvalue weighted by Crippen LogP contribution is -2.59. The molecule has 4 rings (SSSR count). The number of rotatable bonds is 6. The fourth-order valence-electron chi connectivity index (χ4n) is 5.11. The SMILES string of the molecule is C[C@H](CC(=O)N1CCC(O)(Cn2cnc(-c3ccccc3)cc2=O)CC1(C)C)c1ccccc1. The lowest BCUT2D eigenvalue weighted by Gasteiger charge is -2.49. The van der Waals surface area contributed by atoms with E-state index in [-0.39, 0.29) is 23.9 Å². The lowest BCUT2D eigenvalue weighted by atomic mass is 9.78. The van der Waals surface area contributed by atoms with E-state index in [9.17, 15) is 14.7 Å². The van der Waals surface area contributed by atoms with Crippen molar-refractivity contribution in [2.75, 3.05) is 6.54 Å². The Morgan fingerprint density at radius 2 is 1.74 bits per heavy atom. The number of carbonyl (C=O) groups excluding carboxylic acids is 1. The minimum Gasteiger partial charge on any atom is -0.388 e. The molecule has 1 saturated heterocycles. The molecule has 2 heterocycles. The van der Waals surface area contributed by atoms with Gasteiger partial charge in [-0.15, -0.1) is 0 Å². The van der Waals surface area contributed by atoms with Crippen LogP contribution in [0.1, 0.15) is 51.5 Å². The van der Waals surface area contributed by atoms with E-state index in [1.54, 1.807) is 0 Å². The molecule has 0 bridgehead atoms. The van der Waals surface area contributed by atoms with Crippen molar-refractivity contribution in [3.63, 3.8) is 0 Å². The Morgan fingerprint density at radius 3 is 2.35 bits per heavy atom. The molecule has 0 saturated carbocycles. The van der Waals surface area contributed by atoms with Crippen molar-refractivity contribution in [2.45, 2.75) is 63.6 Å². The second kappa shape index (κ2) is 9.55. The summed E-state index contributed by atoms with van der Waals surface area (Å²) in [6.07, 6.45) is 2.73. The first-order chi connectivity index (χ1) is 16.2. The van der Waals surface area contributed by atoms with Gasteiger partial charge in [0.15, 0.2) is 0 Å². The molecule has 2 atom stereocenters. The first-order valence-corrected chi connectivity index (χ1v) is 11.9. The molecule has 1 aromatic heterocycles. The number of aromatic nitrogens is 2. The summed E-state index contributed by atoms with van der Waals surface area (Å²) in [6.45, 7) is 6.65. The van der Waals surface area contributed by atoms with Gasteiger partial charge in [-0.3, -0.25) is 14.2 Å². The van der Waals surface area contributed by atoms with Crippen molar-refractivity contribution >= 4 is 5.91 Å². The lowest BCUT2D eigenvalue weighted by molar-refractivity contribution is -0.148. The maximum atomic E-state index is 13.2. The van der Waals surface area contributed by atoms with Gasteiger partial charge in [0.1, 0.15) is 0 Å². The van der Waals surface area contributed by atoms with Crippen molar-refractivity contribution in [3.05, 3.63) is 89.0 Å². The average Bonchev–Trinajstić information content (AvgIpc) is 2.80. The van der Waals surface area contributed by atoms with Crippen LogP contribution in [-0.4, -0.2) is 43.1 Å². The third-order valence-corrected chi connectivity index (χ3v) is 6.86. The quantitative estimate of drug-likeness (QED) is 0.598. The number of hydrogen-bond acceptors (Lipinski definition) is 4. The number of nitrogens with zero attached hydrogens (tertiary/aromatic N) is 3. The molecule has 1 unspecified atom stereocenters. The normalized spacial score (nSPS) is 20.6. The third kappa shape index (κ3) is 5.28. The van der Waals surface area contributed by atoms with Crippen LogP contribution in [0.4, 0.5) is 0 Å². The third-order valence-electron chi connectivity index (χ3n) is 6.86. The van der Waals surface area contributed by atoms with Gasteiger partial charge in [0.25, 0.3) is 5.56 Å². The van der Waals surface area contributed by atoms with Gasteiger partial charge in [-0.2, -0.15) is 0 Å². The molecular weight excluding hydrogens is 426 g/mol. The molecule has 0 radical (unpaired) electrons. The molecule has 178 valence electrons. The van der Waals surface area contributed by atoms with Crippen molar-refractivity contribution in [1.29, 1.82) is 0 Å². The van der Waals surface area contributed by atoms with Crippen LogP contribution in [0.15, 0.2) is 77.9 Å². The summed E-state index contributed by atoms with van der Waals surface area (Å²) in [5, 5.41) is 11.4. The second-order valence-electron chi connectivity index (χ2n) is 10.1. The van der Waals surface area contributed by atoms with E-state index < -0.39 is 11.1 Å². The molecule has 34 heavy (non-hydrogen) atoms. The summed E-state index contributed by atoms with van der Waals surface area (Å²) in [5.74, 6) is 0.215. The molecule has 1 fully saturated rings. The summed E-state index contributed by atoms with van der Waals surface area (Å²) >= 11 is 0. The molecule has 6 nitrogen and oxygen atoms in total. The summed E-state index contributed by atoms with van der Waals surface area (Å²) < 4.78 is 1.47. The van der Waals surface area contributed by atoms with E-state index in [0.717, 1.165) is 11.1 Å². The number of piperidine rings is 1. The van der Waals surface area contributed by atoms with Gasteiger partial charge in [-0.1, -0.05) is 67.6 Å². The molecular formula is C28H33N3O3. The van der Waals surface area contributed by atoms with Crippen LogP contribution in [0.3, 0.4) is 0 Å². The molecule has 0 aliphatic carbocycles. The summed E-state index contributed by atoms with van der Waals surface area (Å²) in [5.41, 5.74) is 0.820. The van der Waals surface area contributed by atoms with Crippen LogP contribution in [-0.2, 0) is 11.3 Å². The van der Waals surface area contributed by atoms with Crippen molar-refractivity contribution < 1.29 is 9.90 Å². The van der Waals surface area contributed by atoms with Crippen molar-refractivity contribution in [3.8, 4) is 11.3 Å². The fraction of sp³-hybridized carbons (Fsp3) is 0.393. The zero-order chi connectivity index (χ0) is 24.3. The highest BCUT2D eigenvalue weighted by atomic mass is 16.3. The van der Waals surface area contributed by atoms with Crippen LogP contribution in [0, 0.1) is 0 Å². The molecule has 1 amide bonds. The highest BCUT2D eigenvalue weighted by Gasteiger charge is 2.45. The van der Waals surface area contributed by atoms with E-state index in [4.69, 9.17) is 0 Å². The number of likely N-dealkylation sites (tertiary alicyclic amines) is 1. The van der Waals surface area contributed by atoms with E-state index in [1.807, 2.05) is 79.4 Å². The monoisotopic (exact) mass is 459 g/mol.